The fraction of sp³-hybridized carbons (Fsp3) is 0.316. The number of hydrogen-bond donors (Lipinski definition) is 2. The van der Waals surface area contributed by atoms with Crippen molar-refractivity contribution < 1.29 is 14.6 Å². The number of imidazole rings is 1. The molecule has 2 N–H and O–H groups in total. The molecule has 0 aliphatic rings. The lowest BCUT2D eigenvalue weighted by Crippen LogP contribution is -2.13. The van der Waals surface area contributed by atoms with E-state index in [4.69, 9.17) is 5.11 Å². The van der Waals surface area contributed by atoms with Gasteiger partial charge in [-0.25, -0.2) is 9.37 Å². The van der Waals surface area contributed by atoms with Crippen LogP contribution < -0.4 is 0 Å². The van der Waals surface area contributed by atoms with Gasteiger partial charge in [0.25, 0.3) is 0 Å². The van der Waals surface area contributed by atoms with E-state index in [9.17, 15) is 9.50 Å². The number of nitrogens with zero attached hydrogens (tertiary/aromatic N) is 2. The van der Waals surface area contributed by atoms with Crippen LogP contribution in [0.15, 0.2) is 42.5 Å². The summed E-state index contributed by atoms with van der Waals surface area (Å²) in [5, 5.41) is 19.7. The van der Waals surface area contributed by atoms with Crippen LogP contribution in [0, 0.1) is 12.7 Å². The second-order valence-electron chi connectivity index (χ2n) is 5.97. The number of halogens is 1. The highest BCUT2D eigenvalue weighted by Gasteiger charge is 2.16. The number of aromatic nitrogens is 2. The number of aliphatic hydroxyl groups excluding tert-OH is 2. The Morgan fingerprint density at radius 1 is 1.21 bits per heavy atom. The number of benzene rings is 2. The Balaban J connectivity index is 1.95. The standard InChI is InChI=1S/C19H21FN2O2/c1-13-11-14(20)8-9-15(13)18(24)12-22-17-6-3-2-5-16(17)21-19(22)7-4-10-23/h2-3,5-6,8-9,11,18,23-24H,4,7,10,12H2,1H3. The van der Waals surface area contributed by atoms with Crippen LogP contribution in [0.25, 0.3) is 11.0 Å². The second kappa shape index (κ2) is 7.11. The van der Waals surface area contributed by atoms with Crippen LogP contribution in [-0.2, 0) is 13.0 Å². The summed E-state index contributed by atoms with van der Waals surface area (Å²) in [5.74, 6) is 0.532. The molecule has 0 fully saturated rings. The van der Waals surface area contributed by atoms with E-state index in [0.717, 1.165) is 22.4 Å². The van der Waals surface area contributed by atoms with Crippen molar-refractivity contribution in [3.63, 3.8) is 0 Å². The Morgan fingerprint density at radius 3 is 2.75 bits per heavy atom. The summed E-state index contributed by atoms with van der Waals surface area (Å²) in [6, 6.07) is 12.2. The third-order valence-electron chi connectivity index (χ3n) is 4.24. The number of rotatable bonds is 6. The highest BCUT2D eigenvalue weighted by molar-refractivity contribution is 5.75. The summed E-state index contributed by atoms with van der Waals surface area (Å²) in [5.41, 5.74) is 3.25. The molecule has 1 aromatic heterocycles. The first-order chi connectivity index (χ1) is 11.6. The first-order valence-electron chi connectivity index (χ1n) is 8.09. The maximum absolute atomic E-state index is 13.3. The van der Waals surface area contributed by atoms with E-state index in [-0.39, 0.29) is 12.4 Å². The molecule has 126 valence electrons. The first-order valence-corrected chi connectivity index (χ1v) is 8.09. The van der Waals surface area contributed by atoms with Gasteiger partial charge in [0.05, 0.1) is 23.7 Å². The summed E-state index contributed by atoms with van der Waals surface area (Å²) < 4.78 is 15.3. The molecule has 4 nitrogen and oxygen atoms in total. The molecule has 0 amide bonds. The lowest BCUT2D eigenvalue weighted by atomic mass is 10.0. The third-order valence-corrected chi connectivity index (χ3v) is 4.24. The van der Waals surface area contributed by atoms with Gasteiger partial charge in [-0.2, -0.15) is 0 Å². The van der Waals surface area contributed by atoms with Crippen molar-refractivity contribution in [1.82, 2.24) is 9.55 Å². The van der Waals surface area contributed by atoms with E-state index in [1.54, 1.807) is 13.0 Å². The highest BCUT2D eigenvalue weighted by Crippen LogP contribution is 2.24. The molecule has 0 bridgehead atoms. The molecular weight excluding hydrogens is 307 g/mol. The minimum absolute atomic E-state index is 0.100. The summed E-state index contributed by atoms with van der Waals surface area (Å²) in [6.45, 7) is 2.23. The zero-order chi connectivity index (χ0) is 17.1. The van der Waals surface area contributed by atoms with Gasteiger partial charge in [0.15, 0.2) is 0 Å². The van der Waals surface area contributed by atoms with Crippen LogP contribution in [0.4, 0.5) is 4.39 Å². The van der Waals surface area contributed by atoms with Crippen LogP contribution in [-0.4, -0.2) is 26.4 Å². The number of aliphatic hydroxyl groups is 2. The van der Waals surface area contributed by atoms with Crippen LogP contribution in [0.5, 0.6) is 0 Å². The molecule has 1 unspecified atom stereocenters. The van der Waals surface area contributed by atoms with Crippen molar-refractivity contribution >= 4 is 11.0 Å². The zero-order valence-electron chi connectivity index (χ0n) is 13.6. The molecular formula is C19H21FN2O2. The van der Waals surface area contributed by atoms with Gasteiger partial charge in [-0.15, -0.1) is 0 Å². The average molecular weight is 328 g/mol. The number of fused-ring (bicyclic) bond motifs is 1. The third kappa shape index (κ3) is 3.32. The maximum atomic E-state index is 13.3. The van der Waals surface area contributed by atoms with Crippen molar-refractivity contribution in [2.45, 2.75) is 32.4 Å². The Labute approximate surface area is 140 Å². The average Bonchev–Trinajstić information content (AvgIpc) is 2.90. The fourth-order valence-electron chi connectivity index (χ4n) is 3.04. The SMILES string of the molecule is Cc1cc(F)ccc1C(O)Cn1c(CCCO)nc2ccccc21. The minimum atomic E-state index is -0.754. The van der Waals surface area contributed by atoms with E-state index < -0.39 is 6.10 Å². The van der Waals surface area contributed by atoms with Crippen molar-refractivity contribution in [3.05, 3.63) is 65.2 Å². The summed E-state index contributed by atoms with van der Waals surface area (Å²) in [6.07, 6.45) is 0.506. The van der Waals surface area contributed by atoms with Crippen molar-refractivity contribution in [1.29, 1.82) is 0 Å². The maximum Gasteiger partial charge on any atom is 0.123 e. The van der Waals surface area contributed by atoms with Gasteiger partial charge >= 0.3 is 0 Å². The van der Waals surface area contributed by atoms with Crippen molar-refractivity contribution in [2.24, 2.45) is 0 Å². The molecule has 0 radical (unpaired) electrons. The van der Waals surface area contributed by atoms with Gasteiger partial charge in [-0.05, 0) is 48.7 Å². The predicted octanol–water partition coefficient (Wildman–Crippen LogP) is 3.14. The largest absolute Gasteiger partial charge is 0.396 e. The van der Waals surface area contributed by atoms with Gasteiger partial charge < -0.3 is 14.8 Å². The quantitative estimate of drug-likeness (QED) is 0.731. The van der Waals surface area contributed by atoms with E-state index in [1.165, 1.54) is 12.1 Å². The Hall–Kier alpha value is -2.24. The summed E-state index contributed by atoms with van der Waals surface area (Å²) in [7, 11) is 0. The molecule has 3 rings (SSSR count). The monoisotopic (exact) mass is 328 g/mol. The minimum Gasteiger partial charge on any atom is -0.396 e. The molecule has 0 saturated heterocycles. The summed E-state index contributed by atoms with van der Waals surface area (Å²) in [4.78, 5) is 4.61. The second-order valence-corrected chi connectivity index (χ2v) is 5.97. The fourth-order valence-corrected chi connectivity index (χ4v) is 3.04. The molecule has 0 aliphatic carbocycles. The van der Waals surface area contributed by atoms with Gasteiger partial charge in [-0.3, -0.25) is 0 Å². The predicted molar refractivity (Wildman–Crippen MR) is 91.2 cm³/mol. The number of hydrogen-bond acceptors (Lipinski definition) is 3. The lowest BCUT2D eigenvalue weighted by Gasteiger charge is -2.17. The molecule has 24 heavy (non-hydrogen) atoms. The molecule has 0 saturated carbocycles. The molecule has 2 aromatic carbocycles. The Kier molecular flexibility index (Phi) is 4.92. The topological polar surface area (TPSA) is 58.3 Å². The Morgan fingerprint density at radius 2 is 2.00 bits per heavy atom. The van der Waals surface area contributed by atoms with Gasteiger partial charge in [0.1, 0.15) is 11.6 Å². The molecule has 5 heteroatoms. The molecule has 1 atom stereocenters. The van der Waals surface area contributed by atoms with Gasteiger partial charge in [0, 0.05) is 13.0 Å². The number of aryl methyl sites for hydroxylation is 2. The van der Waals surface area contributed by atoms with Crippen LogP contribution >= 0.6 is 0 Å². The highest BCUT2D eigenvalue weighted by atomic mass is 19.1. The van der Waals surface area contributed by atoms with E-state index in [2.05, 4.69) is 4.98 Å². The van der Waals surface area contributed by atoms with Crippen LogP contribution in [0.1, 0.15) is 29.5 Å². The zero-order valence-corrected chi connectivity index (χ0v) is 13.6. The Bertz CT molecular complexity index is 844. The van der Waals surface area contributed by atoms with Gasteiger partial charge in [0.2, 0.25) is 0 Å². The number of para-hydroxylation sites is 2. The van der Waals surface area contributed by atoms with E-state index in [0.29, 0.717) is 24.9 Å². The summed E-state index contributed by atoms with van der Waals surface area (Å²) >= 11 is 0. The van der Waals surface area contributed by atoms with Crippen LogP contribution in [0.3, 0.4) is 0 Å². The molecule has 1 heterocycles. The molecule has 0 aliphatic heterocycles. The van der Waals surface area contributed by atoms with Crippen molar-refractivity contribution in [3.8, 4) is 0 Å². The first kappa shape index (κ1) is 16.6. The van der Waals surface area contributed by atoms with E-state index >= 15 is 0 Å². The molecule has 0 spiro atoms. The van der Waals surface area contributed by atoms with Crippen molar-refractivity contribution in [2.75, 3.05) is 6.61 Å². The lowest BCUT2D eigenvalue weighted by molar-refractivity contribution is 0.155. The van der Waals surface area contributed by atoms with E-state index in [1.807, 2.05) is 28.8 Å². The normalized spacial score (nSPS) is 12.7. The van der Waals surface area contributed by atoms with Crippen LogP contribution in [0.2, 0.25) is 0 Å². The van der Waals surface area contributed by atoms with Gasteiger partial charge in [-0.1, -0.05) is 18.2 Å². The molecule has 3 aromatic rings. The smallest absolute Gasteiger partial charge is 0.123 e.